The number of hydrogen-bond donors (Lipinski definition) is 0. The lowest BCUT2D eigenvalue weighted by molar-refractivity contribution is 0.102. The molecule has 0 aliphatic carbocycles. The standard InChI is InChI=1S/C13H14N2O3S/c1-3-15-8-7-14-13(15)12(16)10-5-4-6-11(9-10)19(2,17)18/h4-9H,3H2,1-2H3. The second kappa shape index (κ2) is 4.97. The van der Waals surface area contributed by atoms with Crippen molar-refractivity contribution in [1.82, 2.24) is 9.55 Å². The average Bonchev–Trinajstić information content (AvgIpc) is 2.85. The highest BCUT2D eigenvalue weighted by molar-refractivity contribution is 7.90. The van der Waals surface area contributed by atoms with Gasteiger partial charge in [-0.3, -0.25) is 4.79 Å². The summed E-state index contributed by atoms with van der Waals surface area (Å²) >= 11 is 0. The Morgan fingerprint density at radius 2 is 2.11 bits per heavy atom. The van der Waals surface area contributed by atoms with Crippen LogP contribution >= 0.6 is 0 Å². The number of benzene rings is 1. The van der Waals surface area contributed by atoms with Gasteiger partial charge in [0.05, 0.1) is 4.90 Å². The molecule has 0 aliphatic heterocycles. The number of carbonyl (C=O) groups excluding carboxylic acids is 1. The maximum Gasteiger partial charge on any atom is 0.228 e. The third-order valence-electron chi connectivity index (χ3n) is 2.78. The second-order valence-corrected chi connectivity index (χ2v) is 6.18. The summed E-state index contributed by atoms with van der Waals surface area (Å²) in [5.74, 6) is 0.0329. The Hall–Kier alpha value is -1.95. The van der Waals surface area contributed by atoms with Gasteiger partial charge in [0.25, 0.3) is 0 Å². The van der Waals surface area contributed by atoms with Crippen LogP contribution in [0.25, 0.3) is 0 Å². The first-order valence-electron chi connectivity index (χ1n) is 5.79. The SMILES string of the molecule is CCn1ccnc1C(=O)c1cccc(S(C)(=O)=O)c1. The first-order valence-corrected chi connectivity index (χ1v) is 7.68. The minimum Gasteiger partial charge on any atom is -0.328 e. The molecule has 0 radical (unpaired) electrons. The molecule has 2 rings (SSSR count). The smallest absolute Gasteiger partial charge is 0.228 e. The Morgan fingerprint density at radius 1 is 1.37 bits per heavy atom. The molecule has 0 N–H and O–H groups in total. The maximum absolute atomic E-state index is 12.3. The fraction of sp³-hybridized carbons (Fsp3) is 0.231. The largest absolute Gasteiger partial charge is 0.328 e. The first kappa shape index (κ1) is 13.5. The van der Waals surface area contributed by atoms with Crippen molar-refractivity contribution in [3.63, 3.8) is 0 Å². The van der Waals surface area contributed by atoms with Crippen molar-refractivity contribution in [1.29, 1.82) is 0 Å². The Labute approximate surface area is 111 Å². The highest BCUT2D eigenvalue weighted by Crippen LogP contribution is 2.14. The summed E-state index contributed by atoms with van der Waals surface area (Å²) in [5.41, 5.74) is 0.323. The Balaban J connectivity index is 2.46. The highest BCUT2D eigenvalue weighted by atomic mass is 32.2. The quantitative estimate of drug-likeness (QED) is 0.795. The molecular weight excluding hydrogens is 264 g/mol. The van der Waals surface area contributed by atoms with Crippen molar-refractivity contribution in [2.45, 2.75) is 18.4 Å². The lowest BCUT2D eigenvalue weighted by Gasteiger charge is -2.05. The Bertz CT molecular complexity index is 717. The van der Waals surface area contributed by atoms with Crippen molar-refractivity contribution in [2.75, 3.05) is 6.26 Å². The molecule has 0 saturated carbocycles. The number of hydrogen-bond acceptors (Lipinski definition) is 4. The second-order valence-electron chi connectivity index (χ2n) is 4.17. The molecule has 1 aromatic heterocycles. The molecule has 2 aromatic rings. The van der Waals surface area contributed by atoms with E-state index in [0.29, 0.717) is 17.9 Å². The number of carbonyl (C=O) groups is 1. The Kier molecular flexibility index (Phi) is 3.53. The van der Waals surface area contributed by atoms with Crippen LogP contribution in [0.3, 0.4) is 0 Å². The van der Waals surface area contributed by atoms with E-state index >= 15 is 0 Å². The molecule has 0 atom stereocenters. The molecule has 0 spiro atoms. The molecule has 19 heavy (non-hydrogen) atoms. The van der Waals surface area contributed by atoms with Gasteiger partial charge >= 0.3 is 0 Å². The topological polar surface area (TPSA) is 69.0 Å². The van der Waals surface area contributed by atoms with E-state index in [1.807, 2.05) is 6.92 Å². The van der Waals surface area contributed by atoms with Crippen LogP contribution in [0.4, 0.5) is 0 Å². The molecule has 5 nitrogen and oxygen atoms in total. The molecule has 0 saturated heterocycles. The lowest BCUT2D eigenvalue weighted by atomic mass is 10.1. The van der Waals surface area contributed by atoms with Crippen molar-refractivity contribution < 1.29 is 13.2 Å². The normalized spacial score (nSPS) is 11.5. The molecule has 100 valence electrons. The molecule has 6 heteroatoms. The van der Waals surface area contributed by atoms with Crippen LogP contribution in [0.1, 0.15) is 23.1 Å². The van der Waals surface area contributed by atoms with E-state index in [4.69, 9.17) is 0 Å². The van der Waals surface area contributed by atoms with Gasteiger partial charge in [-0.1, -0.05) is 12.1 Å². The molecule has 0 bridgehead atoms. The zero-order chi connectivity index (χ0) is 14.0. The fourth-order valence-electron chi connectivity index (χ4n) is 1.77. The zero-order valence-corrected chi connectivity index (χ0v) is 11.5. The van der Waals surface area contributed by atoms with Gasteiger partial charge in [0, 0.05) is 30.8 Å². The monoisotopic (exact) mass is 278 g/mol. The van der Waals surface area contributed by atoms with Crippen LogP contribution in [0.5, 0.6) is 0 Å². The van der Waals surface area contributed by atoms with Crippen LogP contribution in [-0.2, 0) is 16.4 Å². The third kappa shape index (κ3) is 2.73. The van der Waals surface area contributed by atoms with Gasteiger partial charge in [0.15, 0.2) is 15.7 Å². The molecule has 0 unspecified atom stereocenters. The predicted octanol–water partition coefficient (Wildman–Crippen LogP) is 1.54. The van der Waals surface area contributed by atoms with Crippen LogP contribution < -0.4 is 0 Å². The molecule has 1 aromatic carbocycles. The summed E-state index contributed by atoms with van der Waals surface area (Å²) in [7, 11) is -3.32. The number of aromatic nitrogens is 2. The minimum atomic E-state index is -3.32. The van der Waals surface area contributed by atoms with Gasteiger partial charge in [0.1, 0.15) is 0 Å². The number of rotatable bonds is 4. The maximum atomic E-state index is 12.3. The van der Waals surface area contributed by atoms with Crippen LogP contribution in [-0.4, -0.2) is 30.0 Å². The predicted molar refractivity (Wildman–Crippen MR) is 70.9 cm³/mol. The highest BCUT2D eigenvalue weighted by Gasteiger charge is 2.16. The minimum absolute atomic E-state index is 0.132. The van der Waals surface area contributed by atoms with E-state index in [9.17, 15) is 13.2 Å². The van der Waals surface area contributed by atoms with Gasteiger partial charge in [0.2, 0.25) is 5.78 Å². The van der Waals surface area contributed by atoms with Crippen molar-refractivity contribution in [3.05, 3.63) is 48.0 Å². The van der Waals surface area contributed by atoms with Crippen LogP contribution in [0, 0.1) is 0 Å². The van der Waals surface area contributed by atoms with Gasteiger partial charge in [-0.25, -0.2) is 13.4 Å². The van der Waals surface area contributed by atoms with E-state index in [0.717, 1.165) is 6.26 Å². The zero-order valence-electron chi connectivity index (χ0n) is 10.7. The van der Waals surface area contributed by atoms with E-state index in [2.05, 4.69) is 4.98 Å². The summed E-state index contributed by atoms with van der Waals surface area (Å²) in [5, 5.41) is 0. The first-order chi connectivity index (χ1) is 8.93. The van der Waals surface area contributed by atoms with Crippen molar-refractivity contribution in [2.24, 2.45) is 0 Å². The number of ketones is 1. The Morgan fingerprint density at radius 3 is 2.74 bits per heavy atom. The summed E-state index contributed by atoms with van der Waals surface area (Å²) in [6.45, 7) is 2.54. The average molecular weight is 278 g/mol. The molecule has 1 heterocycles. The van der Waals surface area contributed by atoms with E-state index in [1.165, 1.54) is 12.1 Å². The van der Waals surface area contributed by atoms with E-state index in [-0.39, 0.29) is 10.7 Å². The number of aryl methyl sites for hydroxylation is 1. The van der Waals surface area contributed by atoms with Crippen LogP contribution in [0.2, 0.25) is 0 Å². The van der Waals surface area contributed by atoms with E-state index < -0.39 is 9.84 Å². The van der Waals surface area contributed by atoms with Gasteiger partial charge in [-0.2, -0.15) is 0 Å². The summed E-state index contributed by atoms with van der Waals surface area (Å²) in [6.07, 6.45) is 4.38. The summed E-state index contributed by atoms with van der Waals surface area (Å²) < 4.78 is 24.7. The lowest BCUT2D eigenvalue weighted by Crippen LogP contribution is -2.11. The van der Waals surface area contributed by atoms with Gasteiger partial charge in [-0.05, 0) is 19.1 Å². The molecule has 0 aliphatic rings. The van der Waals surface area contributed by atoms with Crippen LogP contribution in [0.15, 0.2) is 41.6 Å². The molecule has 0 amide bonds. The number of imidazole rings is 1. The third-order valence-corrected chi connectivity index (χ3v) is 3.89. The number of sulfone groups is 1. The fourth-order valence-corrected chi connectivity index (χ4v) is 2.44. The van der Waals surface area contributed by atoms with Crippen molar-refractivity contribution in [3.8, 4) is 0 Å². The molecular formula is C13H14N2O3S. The van der Waals surface area contributed by atoms with E-state index in [1.54, 1.807) is 29.1 Å². The summed E-state index contributed by atoms with van der Waals surface area (Å²) in [4.78, 5) is 16.4. The number of nitrogens with zero attached hydrogens (tertiary/aromatic N) is 2. The molecule has 0 fully saturated rings. The van der Waals surface area contributed by atoms with Crippen molar-refractivity contribution >= 4 is 15.6 Å². The van der Waals surface area contributed by atoms with Gasteiger partial charge in [-0.15, -0.1) is 0 Å². The van der Waals surface area contributed by atoms with Gasteiger partial charge < -0.3 is 4.57 Å². The summed E-state index contributed by atoms with van der Waals surface area (Å²) in [6, 6.07) is 6.00.